The monoisotopic (exact) mass is 301 g/mol. The Balaban J connectivity index is 1.90. The van der Waals surface area contributed by atoms with E-state index < -0.39 is 0 Å². The highest BCUT2D eigenvalue weighted by Crippen LogP contribution is 2.21. The number of fused-ring (bicyclic) bond motifs is 1. The van der Waals surface area contributed by atoms with Gasteiger partial charge in [0.1, 0.15) is 0 Å². The van der Waals surface area contributed by atoms with E-state index in [2.05, 4.69) is 15.1 Å². The van der Waals surface area contributed by atoms with Gasteiger partial charge < -0.3 is 9.64 Å². The molecule has 0 fully saturated rings. The van der Waals surface area contributed by atoms with Gasteiger partial charge in [-0.25, -0.2) is 9.67 Å². The van der Waals surface area contributed by atoms with Crippen molar-refractivity contribution < 1.29 is 4.74 Å². The second-order valence-corrected chi connectivity index (χ2v) is 5.56. The van der Waals surface area contributed by atoms with Crippen LogP contribution in [0.1, 0.15) is 31.1 Å². The predicted molar refractivity (Wildman–Crippen MR) is 82.2 cm³/mol. The zero-order valence-electron chi connectivity index (χ0n) is 13.0. The van der Waals surface area contributed by atoms with Crippen molar-refractivity contribution >= 4 is 5.95 Å². The molecule has 0 N–H and O–H groups in total. The molecule has 116 valence electrons. The average molecular weight is 301 g/mol. The first-order valence-corrected chi connectivity index (χ1v) is 7.32. The molecule has 0 radical (unpaired) electrons. The Bertz CT molecular complexity index is 741. The van der Waals surface area contributed by atoms with E-state index in [9.17, 15) is 4.79 Å². The van der Waals surface area contributed by atoms with E-state index in [1.807, 2.05) is 18.7 Å². The maximum absolute atomic E-state index is 12.1. The fourth-order valence-corrected chi connectivity index (χ4v) is 2.55. The van der Waals surface area contributed by atoms with Crippen LogP contribution in [0.15, 0.2) is 23.1 Å². The molecule has 1 aliphatic rings. The molecule has 1 aliphatic heterocycles. The van der Waals surface area contributed by atoms with Gasteiger partial charge in [0.05, 0.1) is 18.8 Å². The minimum atomic E-state index is -0.0674. The summed E-state index contributed by atoms with van der Waals surface area (Å²) in [6, 6.07) is 3.45. The molecule has 0 saturated heterocycles. The smallest absolute Gasteiger partial charge is 0.267 e. The Morgan fingerprint density at radius 3 is 2.91 bits per heavy atom. The average Bonchev–Trinajstić information content (AvgIpc) is 2.53. The summed E-state index contributed by atoms with van der Waals surface area (Å²) in [6.45, 7) is 5.27. The number of nitrogens with zero attached hydrogens (tertiary/aromatic N) is 5. The van der Waals surface area contributed by atoms with Gasteiger partial charge in [-0.05, 0) is 13.8 Å². The fourth-order valence-electron chi connectivity index (χ4n) is 2.55. The lowest BCUT2D eigenvalue weighted by atomic mass is 10.1. The number of aromatic nitrogens is 4. The summed E-state index contributed by atoms with van der Waals surface area (Å²) < 4.78 is 6.67. The van der Waals surface area contributed by atoms with Crippen LogP contribution < -0.4 is 15.2 Å². The highest BCUT2D eigenvalue weighted by atomic mass is 16.5. The van der Waals surface area contributed by atoms with Crippen molar-refractivity contribution in [2.45, 2.75) is 32.9 Å². The molecule has 0 saturated carbocycles. The van der Waals surface area contributed by atoms with Crippen molar-refractivity contribution in [1.29, 1.82) is 0 Å². The normalized spacial score (nSPS) is 14.1. The Labute approximate surface area is 128 Å². The molecule has 0 aliphatic carbocycles. The van der Waals surface area contributed by atoms with Gasteiger partial charge in [0, 0.05) is 43.4 Å². The van der Waals surface area contributed by atoms with Crippen LogP contribution in [0, 0.1) is 0 Å². The van der Waals surface area contributed by atoms with E-state index in [1.54, 1.807) is 25.4 Å². The lowest BCUT2D eigenvalue weighted by Crippen LogP contribution is -2.36. The van der Waals surface area contributed by atoms with Crippen molar-refractivity contribution in [3.8, 4) is 5.88 Å². The minimum absolute atomic E-state index is 0.0672. The van der Waals surface area contributed by atoms with Crippen LogP contribution in [0.3, 0.4) is 0 Å². The van der Waals surface area contributed by atoms with E-state index in [1.165, 1.54) is 4.68 Å². The summed E-state index contributed by atoms with van der Waals surface area (Å²) in [5.74, 6) is 1.14. The largest absolute Gasteiger partial charge is 0.481 e. The molecule has 22 heavy (non-hydrogen) atoms. The Morgan fingerprint density at radius 2 is 2.18 bits per heavy atom. The topological polar surface area (TPSA) is 73.1 Å². The number of ether oxygens (including phenoxy) is 1. The lowest BCUT2D eigenvalue weighted by Gasteiger charge is -2.28. The minimum Gasteiger partial charge on any atom is -0.481 e. The van der Waals surface area contributed by atoms with Crippen molar-refractivity contribution in [3.05, 3.63) is 39.9 Å². The molecule has 0 bridgehead atoms. The van der Waals surface area contributed by atoms with E-state index >= 15 is 0 Å². The Hall–Kier alpha value is -2.44. The summed E-state index contributed by atoms with van der Waals surface area (Å²) in [5.41, 5.74) is 1.86. The zero-order valence-corrected chi connectivity index (χ0v) is 13.0. The third-order valence-corrected chi connectivity index (χ3v) is 3.70. The number of hydrogen-bond acceptors (Lipinski definition) is 6. The maximum atomic E-state index is 12.1. The number of rotatable bonds is 3. The van der Waals surface area contributed by atoms with Gasteiger partial charge in [-0.15, -0.1) is 0 Å². The second kappa shape index (κ2) is 5.75. The first-order valence-electron chi connectivity index (χ1n) is 7.32. The van der Waals surface area contributed by atoms with Crippen LogP contribution in [0.5, 0.6) is 5.88 Å². The first kappa shape index (κ1) is 14.5. The second-order valence-electron chi connectivity index (χ2n) is 5.56. The molecule has 0 aromatic carbocycles. The molecule has 3 rings (SSSR count). The molecule has 0 unspecified atom stereocenters. The van der Waals surface area contributed by atoms with Crippen LogP contribution in [-0.4, -0.2) is 33.4 Å². The van der Waals surface area contributed by atoms with Gasteiger partial charge in [-0.3, -0.25) is 4.79 Å². The van der Waals surface area contributed by atoms with Crippen LogP contribution in [-0.2, 0) is 13.0 Å². The highest BCUT2D eigenvalue weighted by Gasteiger charge is 2.21. The molecule has 0 spiro atoms. The van der Waals surface area contributed by atoms with E-state index in [0.717, 1.165) is 24.2 Å². The molecule has 0 atom stereocenters. The molecule has 0 amide bonds. The third-order valence-electron chi connectivity index (χ3n) is 3.70. The molecule has 3 heterocycles. The quantitative estimate of drug-likeness (QED) is 0.848. The number of methoxy groups -OCH3 is 1. The summed E-state index contributed by atoms with van der Waals surface area (Å²) in [6.07, 6.45) is 2.44. The number of hydrogen-bond donors (Lipinski definition) is 0. The van der Waals surface area contributed by atoms with Gasteiger partial charge in [0.15, 0.2) is 0 Å². The molecule has 7 heteroatoms. The van der Waals surface area contributed by atoms with Crippen molar-refractivity contribution in [2.75, 3.05) is 18.6 Å². The zero-order chi connectivity index (χ0) is 15.7. The van der Waals surface area contributed by atoms with E-state index in [-0.39, 0.29) is 11.6 Å². The van der Waals surface area contributed by atoms with Crippen LogP contribution in [0.4, 0.5) is 5.95 Å². The van der Waals surface area contributed by atoms with E-state index in [4.69, 9.17) is 4.74 Å². The van der Waals surface area contributed by atoms with Crippen molar-refractivity contribution in [2.24, 2.45) is 0 Å². The van der Waals surface area contributed by atoms with Gasteiger partial charge >= 0.3 is 0 Å². The molecule has 7 nitrogen and oxygen atoms in total. The van der Waals surface area contributed by atoms with Gasteiger partial charge in [-0.2, -0.15) is 10.1 Å². The summed E-state index contributed by atoms with van der Waals surface area (Å²) in [5, 5.41) is 4.49. The summed E-state index contributed by atoms with van der Waals surface area (Å²) in [7, 11) is 1.58. The highest BCUT2D eigenvalue weighted by molar-refractivity contribution is 5.37. The summed E-state index contributed by atoms with van der Waals surface area (Å²) >= 11 is 0. The van der Waals surface area contributed by atoms with Gasteiger partial charge in [0.2, 0.25) is 11.8 Å². The van der Waals surface area contributed by atoms with Gasteiger partial charge in [-0.1, -0.05) is 0 Å². The third kappa shape index (κ3) is 2.66. The lowest BCUT2D eigenvalue weighted by molar-refractivity contribution is 0.396. The molecule has 2 aromatic heterocycles. The van der Waals surface area contributed by atoms with Crippen LogP contribution in [0.25, 0.3) is 0 Å². The SMILES string of the molecule is COc1ccnc(N2CCc3nn(C(C)C)c(=O)cc3C2)n1. The van der Waals surface area contributed by atoms with Gasteiger partial charge in [0.25, 0.3) is 5.56 Å². The Morgan fingerprint density at radius 1 is 1.36 bits per heavy atom. The summed E-state index contributed by atoms with van der Waals surface area (Å²) in [4.78, 5) is 22.8. The predicted octanol–water partition coefficient (Wildman–Crippen LogP) is 1.19. The molecular weight excluding hydrogens is 282 g/mol. The molecular formula is C15H19N5O2. The Kier molecular flexibility index (Phi) is 3.79. The maximum Gasteiger partial charge on any atom is 0.267 e. The molecule has 2 aromatic rings. The van der Waals surface area contributed by atoms with Crippen molar-refractivity contribution in [3.63, 3.8) is 0 Å². The van der Waals surface area contributed by atoms with Crippen molar-refractivity contribution in [1.82, 2.24) is 19.7 Å². The standard InChI is InChI=1S/C15H19N5O2/c1-10(2)20-14(21)8-11-9-19(7-5-12(11)18-20)15-16-6-4-13(17-15)22-3/h4,6,8,10H,5,7,9H2,1-3H3. The van der Waals surface area contributed by atoms with Crippen LogP contribution >= 0.6 is 0 Å². The van der Waals surface area contributed by atoms with Crippen LogP contribution in [0.2, 0.25) is 0 Å². The first-order chi connectivity index (χ1) is 10.6. The van der Waals surface area contributed by atoms with E-state index in [0.29, 0.717) is 18.4 Å². The number of anilines is 1. The fraction of sp³-hybridized carbons (Fsp3) is 0.467.